The van der Waals surface area contributed by atoms with E-state index in [0.29, 0.717) is 12.4 Å². The molecule has 1 unspecified atom stereocenters. The third-order valence-electron chi connectivity index (χ3n) is 3.84. The van der Waals surface area contributed by atoms with E-state index in [1.807, 2.05) is 38.1 Å². The van der Waals surface area contributed by atoms with Gasteiger partial charge in [0, 0.05) is 8.95 Å². The molecule has 0 fully saturated rings. The minimum atomic E-state index is -0.825. The van der Waals surface area contributed by atoms with E-state index in [1.54, 1.807) is 6.08 Å². The van der Waals surface area contributed by atoms with E-state index in [-0.39, 0.29) is 13.2 Å². The molecule has 0 aliphatic rings. The Morgan fingerprint density at radius 3 is 1.64 bits per heavy atom. The zero-order valence-electron chi connectivity index (χ0n) is 16.8. The van der Waals surface area contributed by atoms with E-state index in [4.69, 9.17) is 19.7 Å². The molecule has 2 aromatic rings. The molecule has 0 amide bonds. The highest BCUT2D eigenvalue weighted by Crippen LogP contribution is 2.27. The van der Waals surface area contributed by atoms with Gasteiger partial charge in [-0.05, 0) is 74.2 Å². The fourth-order valence-electron chi connectivity index (χ4n) is 2.38. The molecule has 0 heterocycles. The lowest BCUT2D eigenvalue weighted by molar-refractivity contribution is 0.0536. The Labute approximate surface area is 184 Å². The van der Waals surface area contributed by atoms with Crippen molar-refractivity contribution in [2.24, 2.45) is 0 Å². The molecule has 0 spiro atoms. The van der Waals surface area contributed by atoms with Gasteiger partial charge in [-0.15, -0.1) is 0 Å². The van der Waals surface area contributed by atoms with Crippen LogP contribution in [0.5, 0.6) is 11.5 Å². The van der Waals surface area contributed by atoms with Gasteiger partial charge in [0.15, 0.2) is 0 Å². The van der Waals surface area contributed by atoms with Crippen LogP contribution in [-0.2, 0) is 0 Å². The quantitative estimate of drug-likeness (QED) is 0.483. The van der Waals surface area contributed by atoms with Gasteiger partial charge in [0.1, 0.15) is 30.8 Å². The number of aliphatic hydroxyl groups is 2. The molecule has 0 saturated heterocycles. The van der Waals surface area contributed by atoms with Crippen LogP contribution in [0.25, 0.3) is 0 Å². The predicted molar refractivity (Wildman–Crippen MR) is 122 cm³/mol. The topological polar surface area (TPSA) is 58.9 Å². The average Bonchev–Trinajstić information content (AvgIpc) is 2.66. The van der Waals surface area contributed by atoms with Gasteiger partial charge in [0.2, 0.25) is 0 Å². The van der Waals surface area contributed by atoms with Crippen LogP contribution < -0.4 is 9.47 Å². The standard InChI is InChI=1S/C11H15BrO3.C11H13BrO/c1-7-3-10(4-8(2)11(7)12)15-6-9(14)5-13;1-4-5-13-10-6-8(2)11(12)9(3)7-10/h3-4,9,13-14H,5-6H2,1-2H3;4,6-7H,1,5H2,2-3H3. The minimum absolute atomic E-state index is 0.108. The molecule has 1 atom stereocenters. The third kappa shape index (κ3) is 7.95. The van der Waals surface area contributed by atoms with Crippen LogP contribution in [-0.4, -0.2) is 36.1 Å². The summed E-state index contributed by atoms with van der Waals surface area (Å²) in [7, 11) is 0. The molecule has 2 aromatic carbocycles. The maximum Gasteiger partial charge on any atom is 0.120 e. The van der Waals surface area contributed by atoms with Gasteiger partial charge in [0.25, 0.3) is 0 Å². The maximum absolute atomic E-state index is 9.13. The molecule has 4 nitrogen and oxygen atoms in total. The Balaban J connectivity index is 0.000000283. The molecule has 0 aliphatic carbocycles. The summed E-state index contributed by atoms with van der Waals surface area (Å²) in [4.78, 5) is 0. The summed E-state index contributed by atoms with van der Waals surface area (Å²) < 4.78 is 13.0. The molecule has 2 N–H and O–H groups in total. The van der Waals surface area contributed by atoms with E-state index in [0.717, 1.165) is 25.8 Å². The van der Waals surface area contributed by atoms with Crippen molar-refractivity contribution in [2.75, 3.05) is 19.8 Å². The van der Waals surface area contributed by atoms with Crippen molar-refractivity contribution in [1.29, 1.82) is 0 Å². The number of aliphatic hydroxyl groups excluding tert-OH is 2. The number of aryl methyl sites for hydroxylation is 4. The van der Waals surface area contributed by atoms with Gasteiger partial charge in [-0.1, -0.05) is 44.5 Å². The zero-order chi connectivity index (χ0) is 21.3. The number of ether oxygens (including phenoxy) is 2. The molecule has 0 radical (unpaired) electrons. The molecule has 0 aromatic heterocycles. The van der Waals surface area contributed by atoms with Crippen molar-refractivity contribution in [3.05, 3.63) is 68.1 Å². The summed E-state index contributed by atoms with van der Waals surface area (Å²) in [5, 5.41) is 17.8. The molecule has 2 rings (SSSR count). The van der Waals surface area contributed by atoms with Gasteiger partial charge in [-0.25, -0.2) is 0 Å². The third-order valence-corrected chi connectivity index (χ3v) is 6.34. The van der Waals surface area contributed by atoms with Crippen molar-refractivity contribution >= 4 is 31.9 Å². The summed E-state index contributed by atoms with van der Waals surface area (Å²) in [6.45, 7) is 12.0. The second kappa shape index (κ2) is 12.3. The molecular formula is C22H28Br2O4. The van der Waals surface area contributed by atoms with Crippen molar-refractivity contribution in [3.8, 4) is 11.5 Å². The van der Waals surface area contributed by atoms with E-state index in [2.05, 4.69) is 52.3 Å². The van der Waals surface area contributed by atoms with Crippen molar-refractivity contribution in [3.63, 3.8) is 0 Å². The Kier molecular flexibility index (Phi) is 10.8. The number of halogens is 2. The molecule has 154 valence electrons. The monoisotopic (exact) mass is 514 g/mol. The van der Waals surface area contributed by atoms with Gasteiger partial charge >= 0.3 is 0 Å². The highest BCUT2D eigenvalue weighted by Gasteiger charge is 2.06. The normalized spacial score (nSPS) is 11.3. The van der Waals surface area contributed by atoms with Crippen LogP contribution in [0.3, 0.4) is 0 Å². The van der Waals surface area contributed by atoms with E-state index in [9.17, 15) is 0 Å². The van der Waals surface area contributed by atoms with Crippen LogP contribution in [0.2, 0.25) is 0 Å². The fraction of sp³-hybridized carbons (Fsp3) is 0.364. The molecule has 0 saturated carbocycles. The smallest absolute Gasteiger partial charge is 0.120 e. The number of hydrogen-bond donors (Lipinski definition) is 2. The van der Waals surface area contributed by atoms with Gasteiger partial charge in [0.05, 0.1) is 6.61 Å². The summed E-state index contributed by atoms with van der Waals surface area (Å²) >= 11 is 6.97. The number of benzene rings is 2. The molecule has 6 heteroatoms. The Bertz CT molecular complexity index is 744. The Morgan fingerprint density at radius 1 is 0.893 bits per heavy atom. The first-order valence-electron chi connectivity index (χ1n) is 8.88. The highest BCUT2D eigenvalue weighted by atomic mass is 79.9. The van der Waals surface area contributed by atoms with E-state index < -0.39 is 6.10 Å². The summed E-state index contributed by atoms with van der Waals surface area (Å²) in [6, 6.07) is 7.81. The molecule has 0 aliphatic heterocycles. The van der Waals surface area contributed by atoms with Crippen LogP contribution in [0.15, 0.2) is 45.9 Å². The van der Waals surface area contributed by atoms with Crippen molar-refractivity contribution in [1.82, 2.24) is 0 Å². The SMILES string of the molecule is C=CCOc1cc(C)c(Br)c(C)c1.Cc1cc(OCC(O)CO)cc(C)c1Br. The Hall–Kier alpha value is -1.34. The lowest BCUT2D eigenvalue weighted by atomic mass is 10.1. The second-order valence-corrected chi connectivity index (χ2v) is 8.08. The number of hydrogen-bond acceptors (Lipinski definition) is 4. The first kappa shape index (κ1) is 24.7. The first-order chi connectivity index (χ1) is 13.2. The predicted octanol–water partition coefficient (Wildman–Crippen LogP) is 5.43. The zero-order valence-corrected chi connectivity index (χ0v) is 19.9. The second-order valence-electron chi connectivity index (χ2n) is 6.49. The molecule has 28 heavy (non-hydrogen) atoms. The lowest BCUT2D eigenvalue weighted by Crippen LogP contribution is -2.21. The van der Waals surface area contributed by atoms with Crippen LogP contribution in [0.1, 0.15) is 22.3 Å². The average molecular weight is 516 g/mol. The number of rotatable bonds is 7. The van der Waals surface area contributed by atoms with Gasteiger partial charge in [-0.3, -0.25) is 0 Å². The summed E-state index contributed by atoms with van der Waals surface area (Å²) in [5.41, 5.74) is 4.56. The summed E-state index contributed by atoms with van der Waals surface area (Å²) in [6.07, 6.45) is 0.918. The Morgan fingerprint density at radius 2 is 1.29 bits per heavy atom. The van der Waals surface area contributed by atoms with E-state index >= 15 is 0 Å². The van der Waals surface area contributed by atoms with Gasteiger partial charge in [-0.2, -0.15) is 0 Å². The fourth-order valence-corrected chi connectivity index (χ4v) is 2.84. The largest absolute Gasteiger partial charge is 0.491 e. The lowest BCUT2D eigenvalue weighted by Gasteiger charge is -2.12. The first-order valence-corrected chi connectivity index (χ1v) is 10.5. The van der Waals surface area contributed by atoms with Gasteiger partial charge < -0.3 is 19.7 Å². The van der Waals surface area contributed by atoms with Crippen molar-refractivity contribution < 1.29 is 19.7 Å². The van der Waals surface area contributed by atoms with E-state index in [1.165, 1.54) is 11.1 Å². The van der Waals surface area contributed by atoms with Crippen LogP contribution >= 0.6 is 31.9 Å². The van der Waals surface area contributed by atoms with Crippen LogP contribution in [0, 0.1) is 27.7 Å². The minimum Gasteiger partial charge on any atom is -0.491 e. The van der Waals surface area contributed by atoms with Crippen LogP contribution in [0.4, 0.5) is 0 Å². The van der Waals surface area contributed by atoms with Crippen molar-refractivity contribution in [2.45, 2.75) is 33.8 Å². The molecular weight excluding hydrogens is 488 g/mol. The summed E-state index contributed by atoms with van der Waals surface area (Å²) in [5.74, 6) is 1.61. The maximum atomic E-state index is 9.13. The molecule has 0 bridgehead atoms. The highest BCUT2D eigenvalue weighted by molar-refractivity contribution is 9.10.